The lowest BCUT2D eigenvalue weighted by atomic mass is 10.1. The smallest absolute Gasteiger partial charge is 0.253 e. The summed E-state index contributed by atoms with van der Waals surface area (Å²) in [4.78, 5) is 20.7. The summed E-state index contributed by atoms with van der Waals surface area (Å²) in [6.07, 6.45) is 8.40. The number of aromatic nitrogens is 4. The Morgan fingerprint density at radius 1 is 1.00 bits per heavy atom. The molecule has 4 heterocycles. The molecule has 0 aliphatic rings. The molecule has 4 aromatic rings. The third kappa shape index (κ3) is 2.81. The maximum Gasteiger partial charge on any atom is 0.253 e. The molecule has 0 aliphatic carbocycles. The second kappa shape index (κ2) is 6.26. The number of hydrogen-bond donors (Lipinski definition) is 0. The van der Waals surface area contributed by atoms with E-state index in [0.29, 0.717) is 0 Å². The van der Waals surface area contributed by atoms with Crippen molar-refractivity contribution >= 4 is 5.65 Å². The van der Waals surface area contributed by atoms with Crippen LogP contribution in [0.2, 0.25) is 0 Å². The molecule has 5 heteroatoms. The molecule has 0 saturated carbocycles. The van der Waals surface area contributed by atoms with Crippen molar-refractivity contribution in [2.45, 2.75) is 20.3 Å². The van der Waals surface area contributed by atoms with Gasteiger partial charge in [0, 0.05) is 49.5 Å². The van der Waals surface area contributed by atoms with Crippen LogP contribution >= 0.6 is 0 Å². The first-order chi connectivity index (χ1) is 12.5. The van der Waals surface area contributed by atoms with Crippen molar-refractivity contribution in [1.82, 2.24) is 18.9 Å². The van der Waals surface area contributed by atoms with Gasteiger partial charge in [-0.05, 0) is 60.9 Å². The molecule has 5 nitrogen and oxygen atoms in total. The number of hydrogen-bond acceptors (Lipinski definition) is 3. The fourth-order valence-corrected chi connectivity index (χ4v) is 3.32. The Morgan fingerprint density at radius 2 is 1.77 bits per heavy atom. The lowest BCUT2D eigenvalue weighted by Crippen LogP contribution is -2.18. The largest absolute Gasteiger partial charge is 0.318 e. The Kier molecular flexibility index (Phi) is 3.92. The van der Waals surface area contributed by atoms with Gasteiger partial charge < -0.3 is 8.97 Å². The minimum atomic E-state index is 0.0340. The van der Waals surface area contributed by atoms with E-state index in [1.54, 1.807) is 11.6 Å². The van der Waals surface area contributed by atoms with E-state index >= 15 is 0 Å². The third-order valence-electron chi connectivity index (χ3n) is 4.73. The van der Waals surface area contributed by atoms with Crippen LogP contribution in [0.4, 0.5) is 0 Å². The Hall–Kier alpha value is -3.21. The molecule has 0 radical (unpaired) electrons. The number of nitrogens with zero attached hydrogens (tertiary/aromatic N) is 4. The zero-order chi connectivity index (χ0) is 18.3. The van der Waals surface area contributed by atoms with Crippen molar-refractivity contribution in [3.8, 4) is 11.1 Å². The molecule has 4 rings (SSSR count). The van der Waals surface area contributed by atoms with Gasteiger partial charge in [-0.15, -0.1) is 0 Å². The first-order valence-electron chi connectivity index (χ1n) is 8.57. The SMILES string of the molecule is Cc1nc2ccc(-c3cc(C)c(=O)n(C)c3)cn2c1Cc1ccncc1. The fourth-order valence-electron chi connectivity index (χ4n) is 3.32. The van der Waals surface area contributed by atoms with E-state index in [0.717, 1.165) is 40.1 Å². The molecular weight excluding hydrogens is 324 g/mol. The van der Waals surface area contributed by atoms with Crippen LogP contribution < -0.4 is 5.56 Å². The van der Waals surface area contributed by atoms with Crippen LogP contribution in [0.5, 0.6) is 0 Å². The van der Waals surface area contributed by atoms with Crippen molar-refractivity contribution in [3.05, 3.63) is 88.0 Å². The molecule has 0 aliphatic heterocycles. The maximum absolute atomic E-state index is 12.0. The first kappa shape index (κ1) is 16.3. The quantitative estimate of drug-likeness (QED) is 0.573. The summed E-state index contributed by atoms with van der Waals surface area (Å²) in [5.74, 6) is 0. The molecule has 0 N–H and O–H groups in total. The van der Waals surface area contributed by atoms with Crippen molar-refractivity contribution in [1.29, 1.82) is 0 Å². The molecule has 0 spiro atoms. The third-order valence-corrected chi connectivity index (χ3v) is 4.73. The Morgan fingerprint density at radius 3 is 2.50 bits per heavy atom. The minimum absolute atomic E-state index is 0.0340. The summed E-state index contributed by atoms with van der Waals surface area (Å²) >= 11 is 0. The van der Waals surface area contributed by atoms with Crippen LogP contribution in [0.25, 0.3) is 16.8 Å². The van der Waals surface area contributed by atoms with Crippen LogP contribution in [0, 0.1) is 13.8 Å². The summed E-state index contributed by atoms with van der Waals surface area (Å²) in [6.45, 7) is 3.89. The Bertz CT molecular complexity index is 1130. The minimum Gasteiger partial charge on any atom is -0.318 e. The predicted octanol–water partition coefficient (Wildman–Crippen LogP) is 3.30. The molecule has 0 unspecified atom stereocenters. The monoisotopic (exact) mass is 344 g/mol. The molecule has 4 aromatic heterocycles. The molecule has 0 fully saturated rings. The summed E-state index contributed by atoms with van der Waals surface area (Å²) in [5.41, 5.74) is 7.17. The van der Waals surface area contributed by atoms with E-state index in [-0.39, 0.29) is 5.56 Å². The summed E-state index contributed by atoms with van der Waals surface area (Å²) < 4.78 is 3.78. The summed E-state index contributed by atoms with van der Waals surface area (Å²) in [5, 5.41) is 0. The van der Waals surface area contributed by atoms with Gasteiger partial charge in [-0.1, -0.05) is 0 Å². The Balaban J connectivity index is 1.84. The van der Waals surface area contributed by atoms with Gasteiger partial charge in [0.05, 0.1) is 5.69 Å². The summed E-state index contributed by atoms with van der Waals surface area (Å²) in [7, 11) is 1.79. The van der Waals surface area contributed by atoms with Gasteiger partial charge in [0.15, 0.2) is 0 Å². The average molecular weight is 344 g/mol. The van der Waals surface area contributed by atoms with Gasteiger partial charge in [-0.2, -0.15) is 0 Å². The van der Waals surface area contributed by atoms with E-state index < -0.39 is 0 Å². The second-order valence-corrected chi connectivity index (χ2v) is 6.65. The van der Waals surface area contributed by atoms with Crippen LogP contribution in [-0.2, 0) is 13.5 Å². The second-order valence-electron chi connectivity index (χ2n) is 6.65. The predicted molar refractivity (Wildman–Crippen MR) is 102 cm³/mol. The average Bonchev–Trinajstić information content (AvgIpc) is 2.95. The van der Waals surface area contributed by atoms with Crippen molar-refractivity contribution in [3.63, 3.8) is 0 Å². The van der Waals surface area contributed by atoms with E-state index in [4.69, 9.17) is 0 Å². The van der Waals surface area contributed by atoms with E-state index in [1.165, 1.54) is 5.56 Å². The van der Waals surface area contributed by atoms with Crippen LogP contribution in [-0.4, -0.2) is 18.9 Å². The van der Waals surface area contributed by atoms with E-state index in [9.17, 15) is 4.79 Å². The van der Waals surface area contributed by atoms with Gasteiger partial charge in [0.25, 0.3) is 5.56 Å². The van der Waals surface area contributed by atoms with Gasteiger partial charge in [-0.25, -0.2) is 4.98 Å². The number of rotatable bonds is 3. The molecule has 0 aromatic carbocycles. The highest BCUT2D eigenvalue weighted by Gasteiger charge is 2.11. The van der Waals surface area contributed by atoms with Gasteiger partial charge in [-0.3, -0.25) is 9.78 Å². The molecule has 0 amide bonds. The molecule has 0 bridgehead atoms. The fraction of sp³-hybridized carbons (Fsp3) is 0.190. The van der Waals surface area contributed by atoms with Crippen LogP contribution in [0.1, 0.15) is 22.5 Å². The number of pyridine rings is 3. The van der Waals surface area contributed by atoms with Crippen molar-refractivity contribution in [2.75, 3.05) is 0 Å². The summed E-state index contributed by atoms with van der Waals surface area (Å²) in [6, 6.07) is 10.1. The van der Waals surface area contributed by atoms with Gasteiger partial charge in [0.2, 0.25) is 0 Å². The Labute approximate surface area is 151 Å². The highest BCUT2D eigenvalue weighted by molar-refractivity contribution is 5.65. The van der Waals surface area contributed by atoms with Crippen molar-refractivity contribution < 1.29 is 0 Å². The number of fused-ring (bicyclic) bond motifs is 1. The molecule has 0 atom stereocenters. The standard InChI is InChI=1S/C21H20N4O/c1-14-10-18(12-24(3)21(14)26)17-4-5-20-23-15(2)19(25(20)13-17)11-16-6-8-22-9-7-16/h4-10,12-13H,11H2,1-3H3. The lowest BCUT2D eigenvalue weighted by molar-refractivity contribution is 0.850. The highest BCUT2D eigenvalue weighted by atomic mass is 16.1. The van der Waals surface area contributed by atoms with E-state index in [1.807, 2.05) is 56.7 Å². The van der Waals surface area contributed by atoms with Gasteiger partial charge >= 0.3 is 0 Å². The topological polar surface area (TPSA) is 52.2 Å². The zero-order valence-electron chi connectivity index (χ0n) is 15.1. The normalized spacial score (nSPS) is 11.2. The molecule has 26 heavy (non-hydrogen) atoms. The molecular formula is C21H20N4O. The highest BCUT2D eigenvalue weighted by Crippen LogP contribution is 2.23. The zero-order valence-corrected chi connectivity index (χ0v) is 15.1. The van der Waals surface area contributed by atoms with Crippen LogP contribution in [0.3, 0.4) is 0 Å². The molecule has 130 valence electrons. The lowest BCUT2D eigenvalue weighted by Gasteiger charge is -2.09. The maximum atomic E-state index is 12.0. The number of aryl methyl sites for hydroxylation is 3. The van der Waals surface area contributed by atoms with E-state index in [2.05, 4.69) is 26.6 Å². The van der Waals surface area contributed by atoms with Crippen LogP contribution in [0.15, 0.2) is 59.9 Å². The number of imidazole rings is 1. The van der Waals surface area contributed by atoms with Crippen molar-refractivity contribution in [2.24, 2.45) is 7.05 Å². The first-order valence-corrected chi connectivity index (χ1v) is 8.57. The molecule has 0 saturated heterocycles. The van der Waals surface area contributed by atoms with Gasteiger partial charge in [0.1, 0.15) is 5.65 Å².